The van der Waals surface area contributed by atoms with E-state index in [1.54, 1.807) is 24.3 Å². The Morgan fingerprint density at radius 3 is 2.14 bits per heavy atom. The molecule has 29 heavy (non-hydrogen) atoms. The maximum atomic E-state index is 12.5. The molecule has 0 saturated carbocycles. The topological polar surface area (TPSA) is 113 Å². The first kappa shape index (κ1) is 20.8. The van der Waals surface area contributed by atoms with Gasteiger partial charge in [0, 0.05) is 5.69 Å². The molecular formula is C19H16Cl2N4O3S. The molecule has 0 aliphatic heterocycles. The molecule has 0 aromatic heterocycles. The Hall–Kier alpha value is -2.94. The van der Waals surface area contributed by atoms with Crippen molar-refractivity contribution in [1.82, 2.24) is 0 Å². The van der Waals surface area contributed by atoms with Gasteiger partial charge < -0.3 is 16.4 Å². The van der Waals surface area contributed by atoms with E-state index in [0.717, 1.165) is 0 Å². The Morgan fingerprint density at radius 1 is 0.828 bits per heavy atom. The molecule has 0 spiro atoms. The molecule has 0 atom stereocenters. The second kappa shape index (κ2) is 8.60. The Labute approximate surface area is 177 Å². The summed E-state index contributed by atoms with van der Waals surface area (Å²) in [5.74, 6) is 0. The average molecular weight is 451 g/mol. The van der Waals surface area contributed by atoms with Crippen molar-refractivity contribution < 1.29 is 13.2 Å². The first-order chi connectivity index (χ1) is 13.7. The Balaban J connectivity index is 1.68. The van der Waals surface area contributed by atoms with Crippen molar-refractivity contribution in [2.45, 2.75) is 4.90 Å². The number of amides is 2. The second-order valence-corrected chi connectivity index (χ2v) is 8.42. The zero-order chi connectivity index (χ0) is 21.0. The molecule has 3 aromatic carbocycles. The SMILES string of the molecule is Nc1ccccc1NC(=O)Nc1ccc(S(=O)(=O)Nc2ccc(Cl)c(Cl)c2)cc1. The minimum absolute atomic E-state index is 0.0156. The van der Waals surface area contributed by atoms with Crippen LogP contribution in [0.15, 0.2) is 71.6 Å². The molecule has 0 unspecified atom stereocenters. The van der Waals surface area contributed by atoms with Crippen molar-refractivity contribution in [3.05, 3.63) is 76.8 Å². The normalized spacial score (nSPS) is 11.0. The highest BCUT2D eigenvalue weighted by molar-refractivity contribution is 7.92. The summed E-state index contributed by atoms with van der Waals surface area (Å²) in [6.45, 7) is 0. The van der Waals surface area contributed by atoms with E-state index in [1.165, 1.54) is 42.5 Å². The Morgan fingerprint density at radius 2 is 1.48 bits per heavy atom. The van der Waals surface area contributed by atoms with Crippen LogP contribution in [0.25, 0.3) is 0 Å². The number of benzene rings is 3. The minimum Gasteiger partial charge on any atom is -0.397 e. The lowest BCUT2D eigenvalue weighted by atomic mass is 10.3. The molecule has 10 heteroatoms. The number of hydrogen-bond acceptors (Lipinski definition) is 4. The number of nitrogen functional groups attached to an aromatic ring is 1. The van der Waals surface area contributed by atoms with Gasteiger partial charge in [0.1, 0.15) is 0 Å². The molecule has 0 heterocycles. The van der Waals surface area contributed by atoms with Crippen LogP contribution in [0.5, 0.6) is 0 Å². The van der Waals surface area contributed by atoms with Gasteiger partial charge in [-0.15, -0.1) is 0 Å². The molecule has 0 saturated heterocycles. The van der Waals surface area contributed by atoms with Crippen LogP contribution in [-0.4, -0.2) is 14.4 Å². The molecule has 3 rings (SSSR count). The molecule has 5 N–H and O–H groups in total. The standard InChI is InChI=1S/C19H16Cl2N4O3S/c20-15-10-7-13(11-16(15)21)25-29(27,28)14-8-5-12(6-9-14)23-19(26)24-18-4-2-1-3-17(18)22/h1-11,25H,22H2,(H2,23,24,26). The lowest BCUT2D eigenvalue weighted by Crippen LogP contribution is -2.20. The monoisotopic (exact) mass is 450 g/mol. The molecule has 7 nitrogen and oxygen atoms in total. The fourth-order valence-electron chi connectivity index (χ4n) is 2.39. The quantitative estimate of drug-likeness (QED) is 0.408. The molecule has 2 amide bonds. The molecule has 0 radical (unpaired) electrons. The number of carbonyl (C=O) groups is 1. The summed E-state index contributed by atoms with van der Waals surface area (Å²) in [7, 11) is -3.84. The molecule has 0 aliphatic carbocycles. The lowest BCUT2D eigenvalue weighted by molar-refractivity contribution is 0.262. The van der Waals surface area contributed by atoms with Gasteiger partial charge in [-0.05, 0) is 54.6 Å². The maximum absolute atomic E-state index is 12.5. The third-order valence-electron chi connectivity index (χ3n) is 3.80. The number of nitrogens with two attached hydrogens (primary N) is 1. The van der Waals surface area contributed by atoms with Crippen LogP contribution in [0.2, 0.25) is 10.0 Å². The first-order valence-electron chi connectivity index (χ1n) is 8.25. The number of carbonyl (C=O) groups excluding carboxylic acids is 1. The fraction of sp³-hybridized carbons (Fsp3) is 0. The highest BCUT2D eigenvalue weighted by Gasteiger charge is 2.15. The first-order valence-corrected chi connectivity index (χ1v) is 10.5. The molecule has 0 aliphatic rings. The van der Waals surface area contributed by atoms with E-state index in [0.29, 0.717) is 22.1 Å². The van der Waals surface area contributed by atoms with E-state index in [4.69, 9.17) is 28.9 Å². The zero-order valence-electron chi connectivity index (χ0n) is 14.8. The van der Waals surface area contributed by atoms with Crippen molar-refractivity contribution in [2.24, 2.45) is 0 Å². The van der Waals surface area contributed by atoms with E-state index in [-0.39, 0.29) is 15.6 Å². The number of para-hydroxylation sites is 2. The van der Waals surface area contributed by atoms with Crippen LogP contribution >= 0.6 is 23.2 Å². The number of sulfonamides is 1. The molecule has 150 valence electrons. The second-order valence-electron chi connectivity index (χ2n) is 5.93. The number of hydrogen-bond donors (Lipinski definition) is 4. The molecule has 0 fully saturated rings. The van der Waals surface area contributed by atoms with Crippen molar-refractivity contribution in [2.75, 3.05) is 21.1 Å². The van der Waals surface area contributed by atoms with Gasteiger partial charge in [0.05, 0.1) is 32.0 Å². The van der Waals surface area contributed by atoms with Crippen molar-refractivity contribution in [3.63, 3.8) is 0 Å². The summed E-state index contributed by atoms with van der Waals surface area (Å²) in [6, 6.07) is 16.4. The van der Waals surface area contributed by atoms with Gasteiger partial charge in [-0.25, -0.2) is 13.2 Å². The summed E-state index contributed by atoms with van der Waals surface area (Å²) >= 11 is 11.7. The van der Waals surface area contributed by atoms with Gasteiger partial charge in [0.15, 0.2) is 0 Å². The van der Waals surface area contributed by atoms with Crippen LogP contribution in [0.4, 0.5) is 27.5 Å². The summed E-state index contributed by atoms with van der Waals surface area (Å²) in [4.78, 5) is 12.1. The third kappa shape index (κ3) is 5.32. The van der Waals surface area contributed by atoms with Crippen LogP contribution in [-0.2, 0) is 10.0 Å². The van der Waals surface area contributed by atoms with Crippen molar-refractivity contribution >= 4 is 62.0 Å². The number of nitrogens with one attached hydrogen (secondary N) is 3. The summed E-state index contributed by atoms with van der Waals surface area (Å²) < 4.78 is 27.4. The van der Waals surface area contributed by atoms with Crippen molar-refractivity contribution in [1.29, 1.82) is 0 Å². The summed E-state index contributed by atoms with van der Waals surface area (Å²) in [6.07, 6.45) is 0. The maximum Gasteiger partial charge on any atom is 0.323 e. The molecule has 3 aromatic rings. The van der Waals surface area contributed by atoms with E-state index in [1.807, 2.05) is 0 Å². The highest BCUT2D eigenvalue weighted by atomic mass is 35.5. The van der Waals surface area contributed by atoms with E-state index in [9.17, 15) is 13.2 Å². The summed E-state index contributed by atoms with van der Waals surface area (Å²) in [5.41, 5.74) is 7.36. The van der Waals surface area contributed by atoms with Gasteiger partial charge in [-0.3, -0.25) is 4.72 Å². The number of urea groups is 1. The molecule has 0 bridgehead atoms. The predicted octanol–water partition coefficient (Wildman–Crippen LogP) is 5.02. The van der Waals surface area contributed by atoms with Crippen LogP contribution in [0.3, 0.4) is 0 Å². The lowest BCUT2D eigenvalue weighted by Gasteiger charge is -2.11. The average Bonchev–Trinajstić information content (AvgIpc) is 2.67. The van der Waals surface area contributed by atoms with E-state index < -0.39 is 16.1 Å². The molecular weight excluding hydrogens is 435 g/mol. The Bertz CT molecular complexity index is 1150. The third-order valence-corrected chi connectivity index (χ3v) is 5.94. The Kier molecular flexibility index (Phi) is 6.17. The van der Waals surface area contributed by atoms with Crippen LogP contribution in [0, 0.1) is 0 Å². The summed E-state index contributed by atoms with van der Waals surface area (Å²) in [5, 5.41) is 5.78. The number of halogens is 2. The van der Waals surface area contributed by atoms with Gasteiger partial charge >= 0.3 is 6.03 Å². The van der Waals surface area contributed by atoms with Gasteiger partial charge in [-0.1, -0.05) is 35.3 Å². The highest BCUT2D eigenvalue weighted by Crippen LogP contribution is 2.27. The van der Waals surface area contributed by atoms with Gasteiger partial charge in [-0.2, -0.15) is 0 Å². The fourth-order valence-corrected chi connectivity index (χ4v) is 3.73. The zero-order valence-corrected chi connectivity index (χ0v) is 17.1. The predicted molar refractivity (Wildman–Crippen MR) is 117 cm³/mol. The van der Waals surface area contributed by atoms with E-state index >= 15 is 0 Å². The number of rotatable bonds is 5. The largest absolute Gasteiger partial charge is 0.397 e. The number of anilines is 4. The van der Waals surface area contributed by atoms with Crippen molar-refractivity contribution in [3.8, 4) is 0 Å². The van der Waals surface area contributed by atoms with Crippen LogP contribution < -0.4 is 21.1 Å². The van der Waals surface area contributed by atoms with Gasteiger partial charge in [0.2, 0.25) is 0 Å². The van der Waals surface area contributed by atoms with Crippen LogP contribution in [0.1, 0.15) is 0 Å². The minimum atomic E-state index is -3.84. The van der Waals surface area contributed by atoms with E-state index in [2.05, 4.69) is 15.4 Å². The smallest absolute Gasteiger partial charge is 0.323 e. The van der Waals surface area contributed by atoms with Gasteiger partial charge in [0.25, 0.3) is 10.0 Å².